The minimum atomic E-state index is 0.337. The van der Waals surface area contributed by atoms with Crippen LogP contribution in [0.4, 0.5) is 0 Å². The molecule has 0 amide bonds. The average Bonchev–Trinajstić information content (AvgIpc) is 2.10. The van der Waals surface area contributed by atoms with E-state index < -0.39 is 0 Å². The van der Waals surface area contributed by atoms with E-state index in [1.807, 2.05) is 0 Å². The van der Waals surface area contributed by atoms with Crippen molar-refractivity contribution >= 4 is 12.1 Å². The Hall–Kier alpha value is -0.920. The fourth-order valence-corrected chi connectivity index (χ4v) is 1.00. The second-order valence-electron chi connectivity index (χ2n) is 3.46. The van der Waals surface area contributed by atoms with Gasteiger partial charge in [-0.3, -0.25) is 5.41 Å². The molecule has 13 heavy (non-hydrogen) atoms. The first-order chi connectivity index (χ1) is 6.07. The second kappa shape index (κ2) is 6.58. The molecule has 0 radical (unpaired) electrons. The van der Waals surface area contributed by atoms with Gasteiger partial charge in [0.25, 0.3) is 0 Å². The number of hydrogen-bond acceptors (Lipinski definition) is 1. The first-order valence-corrected chi connectivity index (χ1v) is 4.86. The molecule has 2 heteroatoms. The van der Waals surface area contributed by atoms with Gasteiger partial charge in [0.15, 0.2) is 0 Å². The van der Waals surface area contributed by atoms with Gasteiger partial charge in [-0.25, -0.2) is 4.99 Å². The second-order valence-corrected chi connectivity index (χ2v) is 3.46. The topological polar surface area (TPSA) is 36.2 Å². The van der Waals surface area contributed by atoms with Gasteiger partial charge in [-0.05, 0) is 24.8 Å². The molecule has 0 aromatic heterocycles. The van der Waals surface area contributed by atoms with Crippen molar-refractivity contribution in [2.24, 2.45) is 10.9 Å². The van der Waals surface area contributed by atoms with Crippen molar-refractivity contribution in [2.75, 3.05) is 0 Å². The zero-order chi connectivity index (χ0) is 10.3. The molecule has 1 unspecified atom stereocenters. The van der Waals surface area contributed by atoms with Crippen LogP contribution in [-0.4, -0.2) is 12.1 Å². The largest absolute Gasteiger partial charge is 0.287 e. The van der Waals surface area contributed by atoms with Gasteiger partial charge in [-0.1, -0.05) is 33.3 Å². The Kier molecular flexibility index (Phi) is 6.11. The van der Waals surface area contributed by atoms with E-state index in [9.17, 15) is 0 Å². The molecule has 0 fully saturated rings. The Morgan fingerprint density at radius 3 is 2.69 bits per heavy atom. The van der Waals surface area contributed by atoms with Crippen LogP contribution in [-0.2, 0) is 0 Å². The van der Waals surface area contributed by atoms with E-state index in [4.69, 9.17) is 5.41 Å². The molecule has 1 atom stereocenters. The average molecular weight is 180 g/mol. The third kappa shape index (κ3) is 6.26. The molecule has 2 nitrogen and oxygen atoms in total. The monoisotopic (exact) mass is 180 g/mol. The summed E-state index contributed by atoms with van der Waals surface area (Å²) in [6, 6.07) is 0. The van der Waals surface area contributed by atoms with Crippen molar-refractivity contribution in [3.05, 3.63) is 12.2 Å². The molecule has 74 valence electrons. The molecular weight excluding hydrogens is 160 g/mol. The van der Waals surface area contributed by atoms with Crippen molar-refractivity contribution in [1.29, 1.82) is 5.41 Å². The maximum Gasteiger partial charge on any atom is 0.117 e. The summed E-state index contributed by atoms with van der Waals surface area (Å²) in [5.41, 5.74) is 1.03. The summed E-state index contributed by atoms with van der Waals surface area (Å²) in [6.45, 7) is 9.94. The summed E-state index contributed by atoms with van der Waals surface area (Å²) < 4.78 is 0. The molecular formula is C11H20N2. The first kappa shape index (κ1) is 12.1. The highest BCUT2D eigenvalue weighted by Gasteiger charge is 2.03. The van der Waals surface area contributed by atoms with Gasteiger partial charge >= 0.3 is 0 Å². The Balaban J connectivity index is 3.89. The molecule has 0 rings (SSSR count). The van der Waals surface area contributed by atoms with Crippen molar-refractivity contribution in [2.45, 2.75) is 40.0 Å². The summed E-state index contributed by atoms with van der Waals surface area (Å²) in [4.78, 5) is 3.91. The van der Waals surface area contributed by atoms with Crippen LogP contribution < -0.4 is 0 Å². The van der Waals surface area contributed by atoms with Crippen LogP contribution in [0.1, 0.15) is 40.0 Å². The Labute approximate surface area is 81.3 Å². The lowest BCUT2D eigenvalue weighted by Crippen LogP contribution is -2.00. The summed E-state index contributed by atoms with van der Waals surface area (Å²) in [7, 11) is 0. The van der Waals surface area contributed by atoms with Crippen LogP contribution in [0.2, 0.25) is 0 Å². The van der Waals surface area contributed by atoms with E-state index in [0.29, 0.717) is 11.8 Å². The molecule has 0 saturated carbocycles. The Bertz CT molecular complexity index is 204. The van der Waals surface area contributed by atoms with Crippen LogP contribution in [0.3, 0.4) is 0 Å². The molecule has 0 heterocycles. The predicted octanol–water partition coefficient (Wildman–Crippen LogP) is 3.44. The fraction of sp³-hybridized carbons (Fsp3) is 0.636. The van der Waals surface area contributed by atoms with Gasteiger partial charge in [-0.15, -0.1) is 0 Å². The molecule has 0 spiro atoms. The summed E-state index contributed by atoms with van der Waals surface area (Å²) in [6.07, 6.45) is 5.33. The van der Waals surface area contributed by atoms with Crippen LogP contribution in [0.25, 0.3) is 0 Å². The highest BCUT2D eigenvalue weighted by atomic mass is 14.8. The van der Waals surface area contributed by atoms with Gasteiger partial charge in [0.05, 0.1) is 0 Å². The molecule has 0 aromatic carbocycles. The number of allylic oxidation sites excluding steroid dienone is 1. The maximum atomic E-state index is 7.13. The minimum absolute atomic E-state index is 0.337. The first-order valence-electron chi connectivity index (χ1n) is 4.86. The van der Waals surface area contributed by atoms with Gasteiger partial charge in [0.1, 0.15) is 5.84 Å². The highest BCUT2D eigenvalue weighted by molar-refractivity contribution is 5.91. The lowest BCUT2D eigenvalue weighted by Gasteiger charge is -2.09. The Morgan fingerprint density at radius 1 is 1.62 bits per heavy atom. The zero-order valence-corrected chi connectivity index (χ0v) is 8.93. The van der Waals surface area contributed by atoms with E-state index >= 15 is 0 Å². The van der Waals surface area contributed by atoms with Crippen LogP contribution in [0, 0.1) is 11.3 Å². The third-order valence-corrected chi connectivity index (χ3v) is 2.05. The van der Waals surface area contributed by atoms with Crippen molar-refractivity contribution < 1.29 is 0 Å². The van der Waals surface area contributed by atoms with Gasteiger partial charge < -0.3 is 0 Å². The minimum Gasteiger partial charge on any atom is -0.287 e. The quantitative estimate of drug-likeness (QED) is 0.497. The zero-order valence-electron chi connectivity index (χ0n) is 8.93. The molecule has 1 N–H and O–H groups in total. The van der Waals surface area contributed by atoms with Crippen LogP contribution >= 0.6 is 0 Å². The highest BCUT2D eigenvalue weighted by Crippen LogP contribution is 2.14. The number of nitrogens with one attached hydrogen (secondary N) is 1. The van der Waals surface area contributed by atoms with E-state index in [-0.39, 0.29) is 0 Å². The van der Waals surface area contributed by atoms with Crippen molar-refractivity contribution in [3.63, 3.8) is 0 Å². The lowest BCUT2D eigenvalue weighted by atomic mass is 9.97. The SMILES string of the molecule is C=C(C=NC(C)=N)C(C)CCCC. The summed E-state index contributed by atoms with van der Waals surface area (Å²) in [5, 5.41) is 7.13. The van der Waals surface area contributed by atoms with Gasteiger partial charge in [0.2, 0.25) is 0 Å². The van der Waals surface area contributed by atoms with Crippen LogP contribution in [0.5, 0.6) is 0 Å². The molecule has 0 bridgehead atoms. The molecule has 0 aliphatic carbocycles. The number of hydrogen-bond donors (Lipinski definition) is 1. The van der Waals surface area contributed by atoms with E-state index in [1.54, 1.807) is 13.1 Å². The fourth-order valence-electron chi connectivity index (χ4n) is 1.00. The van der Waals surface area contributed by atoms with Gasteiger partial charge in [-0.2, -0.15) is 0 Å². The number of unbranched alkanes of at least 4 members (excludes halogenated alkanes) is 1. The lowest BCUT2D eigenvalue weighted by molar-refractivity contribution is 0.588. The maximum absolute atomic E-state index is 7.13. The number of aliphatic imine (C=N–C) groups is 1. The van der Waals surface area contributed by atoms with Crippen LogP contribution in [0.15, 0.2) is 17.1 Å². The molecule has 0 aliphatic heterocycles. The normalized spacial score (nSPS) is 13.2. The molecule has 0 aliphatic rings. The Morgan fingerprint density at radius 2 is 2.23 bits per heavy atom. The summed E-state index contributed by atoms with van der Waals surface area (Å²) in [5.74, 6) is 0.826. The number of amidine groups is 1. The van der Waals surface area contributed by atoms with E-state index in [1.165, 1.54) is 19.3 Å². The van der Waals surface area contributed by atoms with Crippen molar-refractivity contribution in [1.82, 2.24) is 0 Å². The third-order valence-electron chi connectivity index (χ3n) is 2.05. The standard InChI is InChI=1S/C11H20N2/c1-5-6-7-9(2)10(3)8-13-11(4)12/h8-9,12H,3,5-7H2,1-2,4H3. The predicted molar refractivity (Wildman–Crippen MR) is 59.7 cm³/mol. The van der Waals surface area contributed by atoms with E-state index in [2.05, 4.69) is 25.4 Å². The number of rotatable bonds is 5. The number of nitrogens with zero attached hydrogens (tertiary/aromatic N) is 1. The van der Waals surface area contributed by atoms with Gasteiger partial charge in [0, 0.05) is 6.21 Å². The summed E-state index contributed by atoms with van der Waals surface area (Å²) >= 11 is 0. The van der Waals surface area contributed by atoms with Crippen molar-refractivity contribution in [3.8, 4) is 0 Å². The van der Waals surface area contributed by atoms with E-state index in [0.717, 1.165) is 5.57 Å². The smallest absolute Gasteiger partial charge is 0.117 e. The molecule has 0 saturated heterocycles. The molecule has 0 aromatic rings.